The van der Waals surface area contributed by atoms with Crippen molar-refractivity contribution in [3.8, 4) is 0 Å². The first kappa shape index (κ1) is 19.3. The third-order valence-electron chi connectivity index (χ3n) is 6.45. The van der Waals surface area contributed by atoms with E-state index in [9.17, 15) is 19.8 Å². The molecule has 2 aliphatic rings. The number of benzene rings is 3. The maximum absolute atomic E-state index is 11.9. The number of carboxylic acids is 2. The third-order valence-corrected chi connectivity index (χ3v) is 6.45. The van der Waals surface area contributed by atoms with Gasteiger partial charge in [0.1, 0.15) is 0 Å². The second-order valence-electron chi connectivity index (χ2n) is 8.20. The summed E-state index contributed by atoms with van der Waals surface area (Å²) in [7, 11) is 0. The van der Waals surface area contributed by atoms with Crippen LogP contribution in [0.2, 0.25) is 0 Å². The van der Waals surface area contributed by atoms with Crippen molar-refractivity contribution in [2.75, 3.05) is 0 Å². The van der Waals surface area contributed by atoms with Crippen molar-refractivity contribution < 1.29 is 19.8 Å². The summed E-state index contributed by atoms with van der Waals surface area (Å²) >= 11 is 0. The average Bonchev–Trinajstić information content (AvgIpc) is 2.78. The molecule has 0 spiro atoms. The Kier molecular flexibility index (Phi) is 4.70. The fraction of sp³-hybridized carbons (Fsp3) is 0.185. The molecule has 0 radical (unpaired) electrons. The van der Waals surface area contributed by atoms with Crippen molar-refractivity contribution in [1.29, 1.82) is 0 Å². The molecule has 0 saturated carbocycles. The molecular formula is C27H22O4. The van der Waals surface area contributed by atoms with E-state index in [-0.39, 0.29) is 17.0 Å². The van der Waals surface area contributed by atoms with E-state index in [0.717, 1.165) is 24.5 Å². The first-order valence-corrected chi connectivity index (χ1v) is 10.6. The van der Waals surface area contributed by atoms with Gasteiger partial charge >= 0.3 is 11.9 Å². The summed E-state index contributed by atoms with van der Waals surface area (Å²) in [5, 5.41) is 24.2. The quantitative estimate of drug-likeness (QED) is 0.689. The van der Waals surface area contributed by atoms with Gasteiger partial charge in [0.2, 0.25) is 0 Å². The van der Waals surface area contributed by atoms with Crippen LogP contribution in [0.4, 0.5) is 0 Å². The largest absolute Gasteiger partial charge is 0.478 e. The molecule has 5 rings (SSSR count). The van der Waals surface area contributed by atoms with E-state index in [1.165, 1.54) is 45.0 Å². The van der Waals surface area contributed by atoms with Gasteiger partial charge in [-0.25, -0.2) is 9.59 Å². The Labute approximate surface area is 179 Å². The highest BCUT2D eigenvalue weighted by Crippen LogP contribution is 2.32. The van der Waals surface area contributed by atoms with E-state index in [4.69, 9.17) is 0 Å². The molecule has 1 unspecified atom stereocenters. The molecule has 0 fully saturated rings. The normalized spacial score (nSPS) is 16.2. The van der Waals surface area contributed by atoms with Gasteiger partial charge in [-0.1, -0.05) is 54.6 Å². The molecule has 3 aromatic carbocycles. The SMILES string of the molecule is O=C(O)c1cccc(C(=O)O)c1CC1C=c2ccccc2=c2ccc3c(c21)CCCC=3. The monoisotopic (exact) mass is 410 g/mol. The van der Waals surface area contributed by atoms with Crippen molar-refractivity contribution in [2.45, 2.75) is 31.6 Å². The minimum atomic E-state index is -1.10. The van der Waals surface area contributed by atoms with Gasteiger partial charge in [-0.3, -0.25) is 0 Å². The number of aromatic carboxylic acids is 2. The van der Waals surface area contributed by atoms with E-state index in [2.05, 4.69) is 36.4 Å². The molecule has 0 heterocycles. The highest BCUT2D eigenvalue weighted by atomic mass is 16.4. The summed E-state index contributed by atoms with van der Waals surface area (Å²) in [5.74, 6) is -2.29. The second kappa shape index (κ2) is 7.55. The van der Waals surface area contributed by atoms with Gasteiger partial charge in [0.15, 0.2) is 0 Å². The molecule has 31 heavy (non-hydrogen) atoms. The lowest BCUT2D eigenvalue weighted by Gasteiger charge is -2.25. The van der Waals surface area contributed by atoms with Gasteiger partial charge in [-0.05, 0) is 75.4 Å². The first-order chi connectivity index (χ1) is 15.0. The zero-order valence-corrected chi connectivity index (χ0v) is 17.0. The predicted molar refractivity (Wildman–Crippen MR) is 118 cm³/mol. The molecule has 2 aliphatic carbocycles. The summed E-state index contributed by atoms with van der Waals surface area (Å²) < 4.78 is 0. The van der Waals surface area contributed by atoms with Crippen molar-refractivity contribution in [3.63, 3.8) is 0 Å². The molecule has 0 amide bonds. The molecule has 1 atom stereocenters. The zero-order chi connectivity index (χ0) is 21.5. The summed E-state index contributed by atoms with van der Waals surface area (Å²) in [6.07, 6.45) is 7.91. The Morgan fingerprint density at radius 3 is 2.32 bits per heavy atom. The lowest BCUT2D eigenvalue weighted by molar-refractivity contribution is 0.0695. The van der Waals surface area contributed by atoms with Gasteiger partial charge in [-0.15, -0.1) is 0 Å². The van der Waals surface area contributed by atoms with Gasteiger partial charge in [0, 0.05) is 5.92 Å². The van der Waals surface area contributed by atoms with Crippen LogP contribution in [0, 0.1) is 10.4 Å². The van der Waals surface area contributed by atoms with Gasteiger partial charge in [-0.2, -0.15) is 0 Å². The Hall–Kier alpha value is -3.66. The molecule has 4 heteroatoms. The van der Waals surface area contributed by atoms with Crippen LogP contribution in [0.1, 0.15) is 56.2 Å². The standard InChI is InChI=1S/C27H22O4/c28-26(29)22-10-5-11-23(27(30)31)24(22)15-18-14-17-7-2-3-8-19(17)21-13-12-16-6-1-4-9-20(16)25(18)21/h2-3,5-8,10-14,18H,1,4,9,15H2,(H,28,29)(H,30,31). The third kappa shape index (κ3) is 3.25. The number of rotatable bonds is 4. The lowest BCUT2D eigenvalue weighted by Crippen LogP contribution is -2.24. The molecular weight excluding hydrogens is 388 g/mol. The van der Waals surface area contributed by atoms with Gasteiger partial charge in [0.05, 0.1) is 11.1 Å². The highest BCUT2D eigenvalue weighted by molar-refractivity contribution is 5.96. The number of carbonyl (C=O) groups is 2. The maximum Gasteiger partial charge on any atom is 0.335 e. The fourth-order valence-corrected chi connectivity index (χ4v) is 5.12. The lowest BCUT2D eigenvalue weighted by atomic mass is 9.79. The van der Waals surface area contributed by atoms with Crippen LogP contribution in [-0.4, -0.2) is 22.2 Å². The maximum atomic E-state index is 11.9. The molecule has 0 bridgehead atoms. The Morgan fingerprint density at radius 2 is 1.58 bits per heavy atom. The number of hydrogen-bond acceptors (Lipinski definition) is 2. The summed E-state index contributed by atoms with van der Waals surface area (Å²) in [6, 6.07) is 17.1. The topological polar surface area (TPSA) is 74.6 Å². The zero-order valence-electron chi connectivity index (χ0n) is 17.0. The molecule has 0 aromatic heterocycles. The molecule has 2 N–H and O–H groups in total. The first-order valence-electron chi connectivity index (χ1n) is 10.6. The number of hydrogen-bond donors (Lipinski definition) is 2. The van der Waals surface area contributed by atoms with Crippen LogP contribution in [0.25, 0.3) is 12.2 Å². The molecule has 4 nitrogen and oxygen atoms in total. The predicted octanol–water partition coefficient (Wildman–Crippen LogP) is 3.61. The van der Waals surface area contributed by atoms with Crippen LogP contribution >= 0.6 is 0 Å². The minimum Gasteiger partial charge on any atom is -0.478 e. The fourth-order valence-electron chi connectivity index (χ4n) is 5.12. The smallest absolute Gasteiger partial charge is 0.335 e. The van der Waals surface area contributed by atoms with Crippen LogP contribution < -0.4 is 10.4 Å². The molecule has 154 valence electrons. The van der Waals surface area contributed by atoms with Crippen LogP contribution in [0.15, 0.2) is 54.6 Å². The average molecular weight is 410 g/mol. The van der Waals surface area contributed by atoms with Crippen LogP contribution in [0.3, 0.4) is 0 Å². The van der Waals surface area contributed by atoms with Crippen molar-refractivity contribution >= 4 is 24.1 Å². The van der Waals surface area contributed by atoms with Crippen molar-refractivity contribution in [2.24, 2.45) is 0 Å². The van der Waals surface area contributed by atoms with E-state index in [0.29, 0.717) is 12.0 Å². The molecule has 0 saturated heterocycles. The minimum absolute atomic E-state index is 0.0602. The summed E-state index contributed by atoms with van der Waals surface area (Å²) in [4.78, 5) is 23.8. The Morgan fingerprint density at radius 1 is 0.839 bits per heavy atom. The van der Waals surface area contributed by atoms with Gasteiger partial charge < -0.3 is 10.2 Å². The van der Waals surface area contributed by atoms with Crippen LogP contribution in [0.5, 0.6) is 0 Å². The van der Waals surface area contributed by atoms with E-state index in [1.54, 1.807) is 0 Å². The number of fused-ring (bicyclic) bond motifs is 4. The highest BCUT2D eigenvalue weighted by Gasteiger charge is 2.25. The second-order valence-corrected chi connectivity index (χ2v) is 8.20. The van der Waals surface area contributed by atoms with Gasteiger partial charge in [0.25, 0.3) is 0 Å². The van der Waals surface area contributed by atoms with E-state index >= 15 is 0 Å². The Balaban J connectivity index is 1.79. The number of carboxylic acid groups (broad SMARTS) is 2. The van der Waals surface area contributed by atoms with E-state index < -0.39 is 11.9 Å². The molecule has 0 aliphatic heterocycles. The summed E-state index contributed by atoms with van der Waals surface area (Å²) in [6.45, 7) is 0. The molecule has 3 aromatic rings. The van der Waals surface area contributed by atoms with Crippen LogP contribution in [-0.2, 0) is 12.8 Å². The summed E-state index contributed by atoms with van der Waals surface area (Å²) in [5.41, 5.74) is 3.02. The van der Waals surface area contributed by atoms with Crippen molar-refractivity contribution in [3.05, 3.63) is 103 Å². The van der Waals surface area contributed by atoms with E-state index in [1.807, 2.05) is 12.1 Å². The van der Waals surface area contributed by atoms with Crippen molar-refractivity contribution in [1.82, 2.24) is 0 Å². The Bertz CT molecular complexity index is 1420.